The summed E-state index contributed by atoms with van der Waals surface area (Å²) in [6, 6.07) is 7.63. The monoisotopic (exact) mass is 286 g/mol. The van der Waals surface area contributed by atoms with Crippen molar-refractivity contribution in [2.24, 2.45) is 0 Å². The van der Waals surface area contributed by atoms with Crippen molar-refractivity contribution in [1.82, 2.24) is 10.3 Å². The zero-order valence-corrected chi connectivity index (χ0v) is 12.2. The molecule has 4 heteroatoms. The van der Waals surface area contributed by atoms with Crippen LogP contribution in [0.5, 0.6) is 11.6 Å². The van der Waals surface area contributed by atoms with E-state index in [1.807, 2.05) is 19.1 Å². The molecule has 0 radical (unpaired) electrons. The molecular formula is C17H19FN2O. The molecule has 1 aliphatic rings. The van der Waals surface area contributed by atoms with Gasteiger partial charge in [-0.25, -0.2) is 9.37 Å². The van der Waals surface area contributed by atoms with Crippen molar-refractivity contribution in [3.63, 3.8) is 0 Å². The van der Waals surface area contributed by atoms with E-state index in [1.165, 1.54) is 17.5 Å². The van der Waals surface area contributed by atoms with Crippen LogP contribution in [-0.4, -0.2) is 11.5 Å². The molecule has 0 fully saturated rings. The highest BCUT2D eigenvalue weighted by Crippen LogP contribution is 2.29. The maximum atomic E-state index is 14.3. The fourth-order valence-electron chi connectivity index (χ4n) is 2.65. The summed E-state index contributed by atoms with van der Waals surface area (Å²) in [6.07, 6.45) is 4.96. The topological polar surface area (TPSA) is 34.2 Å². The molecule has 0 saturated carbocycles. The number of ether oxygens (including phenoxy) is 1. The van der Waals surface area contributed by atoms with E-state index in [9.17, 15) is 4.39 Å². The van der Waals surface area contributed by atoms with Gasteiger partial charge in [0.15, 0.2) is 5.82 Å². The number of hydrogen-bond donors (Lipinski definition) is 1. The Labute approximate surface area is 124 Å². The third-order valence-corrected chi connectivity index (χ3v) is 3.79. The Morgan fingerprint density at radius 2 is 2.10 bits per heavy atom. The van der Waals surface area contributed by atoms with Gasteiger partial charge in [-0.05, 0) is 55.1 Å². The fraction of sp³-hybridized carbons (Fsp3) is 0.353. The molecule has 1 aromatic carbocycles. The highest BCUT2D eigenvalue weighted by atomic mass is 19.1. The summed E-state index contributed by atoms with van der Waals surface area (Å²) < 4.78 is 20.0. The van der Waals surface area contributed by atoms with Gasteiger partial charge in [0.05, 0.1) is 0 Å². The minimum absolute atomic E-state index is 0.0448. The van der Waals surface area contributed by atoms with Gasteiger partial charge in [-0.15, -0.1) is 0 Å². The number of benzene rings is 1. The molecule has 3 nitrogen and oxygen atoms in total. The molecule has 0 spiro atoms. The number of fused-ring (bicyclic) bond motifs is 1. The van der Waals surface area contributed by atoms with E-state index in [2.05, 4.69) is 16.4 Å². The first-order chi connectivity index (χ1) is 10.3. The number of rotatable bonds is 5. The number of hydrogen-bond acceptors (Lipinski definition) is 3. The minimum Gasteiger partial charge on any atom is -0.436 e. The molecule has 1 aliphatic carbocycles. The average molecular weight is 286 g/mol. The highest BCUT2D eigenvalue weighted by Gasteiger charge is 2.14. The van der Waals surface area contributed by atoms with Crippen molar-refractivity contribution in [2.75, 3.05) is 6.54 Å². The average Bonchev–Trinajstić information content (AvgIpc) is 2.96. The van der Waals surface area contributed by atoms with Gasteiger partial charge >= 0.3 is 0 Å². The number of pyridine rings is 1. The van der Waals surface area contributed by atoms with Crippen LogP contribution in [0.3, 0.4) is 0 Å². The van der Waals surface area contributed by atoms with Crippen LogP contribution in [0.25, 0.3) is 0 Å². The van der Waals surface area contributed by atoms with Crippen molar-refractivity contribution < 1.29 is 9.13 Å². The van der Waals surface area contributed by atoms with Crippen molar-refractivity contribution in [3.8, 4) is 11.6 Å². The Hall–Kier alpha value is -1.94. The van der Waals surface area contributed by atoms with Gasteiger partial charge in [-0.2, -0.15) is 0 Å². The van der Waals surface area contributed by atoms with Crippen LogP contribution in [0.4, 0.5) is 4.39 Å². The van der Waals surface area contributed by atoms with Gasteiger partial charge in [-0.1, -0.05) is 13.0 Å². The molecule has 0 saturated heterocycles. The quantitative estimate of drug-likeness (QED) is 0.911. The molecule has 21 heavy (non-hydrogen) atoms. The normalized spacial score (nSPS) is 13.2. The predicted octanol–water partition coefficient (Wildman–Crippen LogP) is 3.61. The second kappa shape index (κ2) is 6.22. The first-order valence-electron chi connectivity index (χ1n) is 7.41. The standard InChI is InChI=1S/C17H19FN2O/c1-2-19-11-14-8-9-20-17(16(14)18)21-15-7-6-12-4-3-5-13(12)10-15/h6-10,19H,2-5,11H2,1H3. The molecule has 1 N–H and O–H groups in total. The van der Waals surface area contributed by atoms with Crippen LogP contribution >= 0.6 is 0 Å². The summed E-state index contributed by atoms with van der Waals surface area (Å²) in [6.45, 7) is 3.26. The summed E-state index contributed by atoms with van der Waals surface area (Å²) in [5, 5.41) is 3.11. The molecular weight excluding hydrogens is 267 g/mol. The van der Waals surface area contributed by atoms with Gasteiger partial charge in [0.1, 0.15) is 5.75 Å². The lowest BCUT2D eigenvalue weighted by atomic mass is 10.1. The van der Waals surface area contributed by atoms with Crippen molar-refractivity contribution in [1.29, 1.82) is 0 Å². The zero-order chi connectivity index (χ0) is 14.7. The summed E-state index contributed by atoms with van der Waals surface area (Å²) >= 11 is 0. The number of nitrogens with one attached hydrogen (secondary N) is 1. The number of nitrogens with zero attached hydrogens (tertiary/aromatic N) is 1. The van der Waals surface area contributed by atoms with Crippen LogP contribution < -0.4 is 10.1 Å². The third-order valence-electron chi connectivity index (χ3n) is 3.79. The van der Waals surface area contributed by atoms with Gasteiger partial charge < -0.3 is 10.1 Å². The van der Waals surface area contributed by atoms with Crippen molar-refractivity contribution >= 4 is 0 Å². The SMILES string of the molecule is CCNCc1ccnc(Oc2ccc3c(c2)CCC3)c1F. The number of aromatic nitrogens is 1. The van der Waals surface area contributed by atoms with Crippen LogP contribution in [-0.2, 0) is 19.4 Å². The smallest absolute Gasteiger partial charge is 0.256 e. The zero-order valence-electron chi connectivity index (χ0n) is 12.2. The molecule has 0 aliphatic heterocycles. The summed E-state index contributed by atoms with van der Waals surface area (Å²) in [5.74, 6) is 0.310. The highest BCUT2D eigenvalue weighted by molar-refractivity contribution is 5.40. The van der Waals surface area contributed by atoms with E-state index < -0.39 is 0 Å². The third kappa shape index (κ3) is 3.05. The Balaban J connectivity index is 1.81. The van der Waals surface area contributed by atoms with Crippen molar-refractivity contribution in [2.45, 2.75) is 32.7 Å². The second-order valence-electron chi connectivity index (χ2n) is 5.26. The van der Waals surface area contributed by atoms with Crippen LogP contribution in [0.1, 0.15) is 30.0 Å². The molecule has 0 atom stereocenters. The lowest BCUT2D eigenvalue weighted by Crippen LogP contribution is -2.13. The molecule has 0 bridgehead atoms. The molecule has 0 amide bonds. The lowest BCUT2D eigenvalue weighted by molar-refractivity contribution is 0.417. The summed E-state index contributed by atoms with van der Waals surface area (Å²) in [4.78, 5) is 4.01. The molecule has 2 aromatic rings. The van der Waals surface area contributed by atoms with E-state index >= 15 is 0 Å². The van der Waals surface area contributed by atoms with E-state index in [0.29, 0.717) is 17.9 Å². The number of aryl methyl sites for hydroxylation is 2. The maximum absolute atomic E-state index is 14.3. The Morgan fingerprint density at radius 1 is 1.24 bits per heavy atom. The predicted molar refractivity (Wildman–Crippen MR) is 80.1 cm³/mol. The first kappa shape index (κ1) is 14.0. The fourth-order valence-corrected chi connectivity index (χ4v) is 2.65. The first-order valence-corrected chi connectivity index (χ1v) is 7.41. The van der Waals surface area contributed by atoms with Crippen molar-refractivity contribution in [3.05, 3.63) is 53.0 Å². The van der Waals surface area contributed by atoms with Crippen LogP contribution in [0, 0.1) is 5.82 Å². The molecule has 3 rings (SSSR count). The Morgan fingerprint density at radius 3 is 2.95 bits per heavy atom. The molecule has 1 heterocycles. The van der Waals surface area contributed by atoms with Gasteiger partial charge in [-0.3, -0.25) is 0 Å². The summed E-state index contributed by atoms with van der Waals surface area (Å²) in [7, 11) is 0. The minimum atomic E-state index is -0.390. The molecule has 0 unspecified atom stereocenters. The van der Waals surface area contributed by atoms with Gasteiger partial charge in [0, 0.05) is 18.3 Å². The Kier molecular flexibility index (Phi) is 4.15. The van der Waals surface area contributed by atoms with E-state index in [0.717, 1.165) is 19.4 Å². The van der Waals surface area contributed by atoms with Gasteiger partial charge in [0.25, 0.3) is 5.88 Å². The Bertz CT molecular complexity index is 643. The van der Waals surface area contributed by atoms with Crippen LogP contribution in [0.15, 0.2) is 30.5 Å². The largest absolute Gasteiger partial charge is 0.436 e. The summed E-state index contributed by atoms with van der Waals surface area (Å²) in [5.41, 5.74) is 3.25. The molecule has 110 valence electrons. The number of halogens is 1. The maximum Gasteiger partial charge on any atom is 0.256 e. The van der Waals surface area contributed by atoms with Gasteiger partial charge in [0.2, 0.25) is 0 Å². The molecule has 1 aromatic heterocycles. The lowest BCUT2D eigenvalue weighted by Gasteiger charge is -2.10. The van der Waals surface area contributed by atoms with Crippen LogP contribution in [0.2, 0.25) is 0 Å². The second-order valence-corrected chi connectivity index (χ2v) is 5.26. The van der Waals surface area contributed by atoms with E-state index in [1.54, 1.807) is 12.3 Å². The van der Waals surface area contributed by atoms with E-state index in [-0.39, 0.29) is 11.7 Å². The van der Waals surface area contributed by atoms with E-state index in [4.69, 9.17) is 4.74 Å².